The first-order chi connectivity index (χ1) is 12.7. The van der Waals surface area contributed by atoms with Crippen LogP contribution < -0.4 is 4.90 Å². The quantitative estimate of drug-likeness (QED) is 0.621. The van der Waals surface area contributed by atoms with Crippen molar-refractivity contribution in [3.63, 3.8) is 0 Å². The average Bonchev–Trinajstić information content (AvgIpc) is 3.29. The van der Waals surface area contributed by atoms with Crippen LogP contribution in [0.25, 0.3) is 11.4 Å². The molecule has 26 heavy (non-hydrogen) atoms. The maximum Gasteiger partial charge on any atom is 0.324 e. The molecule has 0 N–H and O–H groups in total. The Labute approximate surface area is 152 Å². The molecule has 1 aromatic heterocycles. The third kappa shape index (κ3) is 3.00. The van der Waals surface area contributed by atoms with Gasteiger partial charge in [-0.25, -0.2) is 0 Å². The number of hydrogen-bond acceptors (Lipinski definition) is 6. The van der Waals surface area contributed by atoms with Gasteiger partial charge in [-0.3, -0.25) is 4.79 Å². The zero-order valence-electron chi connectivity index (χ0n) is 15.0. The van der Waals surface area contributed by atoms with Gasteiger partial charge in [-0.05, 0) is 24.7 Å². The van der Waals surface area contributed by atoms with E-state index in [1.54, 1.807) is 0 Å². The minimum absolute atomic E-state index is 0.100. The molecule has 2 heterocycles. The highest BCUT2D eigenvalue weighted by Gasteiger charge is 2.45. The van der Waals surface area contributed by atoms with Gasteiger partial charge < -0.3 is 14.2 Å². The van der Waals surface area contributed by atoms with E-state index in [4.69, 9.17) is 9.26 Å². The SMILES string of the molecule is CCOC(=O)[C@@H]1[C@H]2CN(c3nc(-c4ccccc4)no3)C[C@@H]2C=C[C@@H]1C. The number of hydrogen-bond donors (Lipinski definition) is 0. The number of rotatable bonds is 4. The average molecular weight is 353 g/mol. The van der Waals surface area contributed by atoms with Gasteiger partial charge in [-0.1, -0.05) is 54.6 Å². The van der Waals surface area contributed by atoms with Gasteiger partial charge in [-0.2, -0.15) is 4.98 Å². The lowest BCUT2D eigenvalue weighted by molar-refractivity contribution is -0.151. The van der Waals surface area contributed by atoms with Crippen molar-refractivity contribution in [1.82, 2.24) is 10.1 Å². The van der Waals surface area contributed by atoms with Gasteiger partial charge in [0.1, 0.15) is 0 Å². The lowest BCUT2D eigenvalue weighted by Gasteiger charge is -2.31. The van der Waals surface area contributed by atoms with E-state index in [2.05, 4.69) is 34.1 Å². The molecule has 2 aliphatic rings. The van der Waals surface area contributed by atoms with Crippen molar-refractivity contribution < 1.29 is 14.1 Å². The van der Waals surface area contributed by atoms with E-state index in [9.17, 15) is 4.79 Å². The monoisotopic (exact) mass is 353 g/mol. The lowest BCUT2D eigenvalue weighted by Crippen LogP contribution is -2.37. The van der Waals surface area contributed by atoms with Crippen LogP contribution in [0.15, 0.2) is 47.0 Å². The van der Waals surface area contributed by atoms with Crippen LogP contribution in [0.5, 0.6) is 0 Å². The number of nitrogens with zero attached hydrogens (tertiary/aromatic N) is 3. The number of anilines is 1. The Morgan fingerprint density at radius 3 is 2.85 bits per heavy atom. The molecule has 0 unspecified atom stereocenters. The van der Waals surface area contributed by atoms with Crippen LogP contribution in [0.3, 0.4) is 0 Å². The van der Waals surface area contributed by atoms with Crippen molar-refractivity contribution in [2.24, 2.45) is 23.7 Å². The largest absolute Gasteiger partial charge is 0.466 e. The molecule has 136 valence electrons. The molecule has 4 atom stereocenters. The molecular weight excluding hydrogens is 330 g/mol. The Balaban J connectivity index is 1.54. The zero-order valence-corrected chi connectivity index (χ0v) is 15.0. The molecule has 1 saturated heterocycles. The Bertz CT molecular complexity index is 802. The molecule has 1 fully saturated rings. The summed E-state index contributed by atoms with van der Waals surface area (Å²) in [6.07, 6.45) is 4.36. The van der Waals surface area contributed by atoms with Crippen LogP contribution in [0.4, 0.5) is 6.01 Å². The lowest BCUT2D eigenvalue weighted by atomic mass is 9.72. The van der Waals surface area contributed by atoms with Gasteiger partial charge in [0, 0.05) is 18.7 Å². The zero-order chi connectivity index (χ0) is 18.1. The molecular formula is C20H23N3O3. The summed E-state index contributed by atoms with van der Waals surface area (Å²) >= 11 is 0. The number of esters is 1. The molecule has 6 heteroatoms. The van der Waals surface area contributed by atoms with Crippen LogP contribution in [-0.4, -0.2) is 35.8 Å². The first-order valence-corrected chi connectivity index (χ1v) is 9.16. The molecule has 2 aromatic rings. The Hall–Kier alpha value is -2.63. The van der Waals surface area contributed by atoms with E-state index in [-0.39, 0.29) is 23.7 Å². The fourth-order valence-corrected chi connectivity index (χ4v) is 4.10. The summed E-state index contributed by atoms with van der Waals surface area (Å²) < 4.78 is 10.8. The van der Waals surface area contributed by atoms with Crippen molar-refractivity contribution in [3.8, 4) is 11.4 Å². The Morgan fingerprint density at radius 1 is 1.27 bits per heavy atom. The summed E-state index contributed by atoms with van der Waals surface area (Å²) in [6, 6.07) is 10.3. The molecule has 0 saturated carbocycles. The molecule has 0 bridgehead atoms. The highest BCUT2D eigenvalue weighted by Crippen LogP contribution is 2.41. The van der Waals surface area contributed by atoms with Crippen molar-refractivity contribution in [2.75, 3.05) is 24.6 Å². The fraction of sp³-hybridized carbons (Fsp3) is 0.450. The van der Waals surface area contributed by atoms with Crippen molar-refractivity contribution in [1.29, 1.82) is 0 Å². The maximum absolute atomic E-state index is 12.5. The molecule has 1 aliphatic heterocycles. The van der Waals surface area contributed by atoms with Gasteiger partial charge in [0.25, 0.3) is 0 Å². The Kier molecular flexibility index (Phi) is 4.49. The van der Waals surface area contributed by atoms with Gasteiger partial charge in [0.2, 0.25) is 5.82 Å². The van der Waals surface area contributed by atoms with Gasteiger partial charge in [0.15, 0.2) is 0 Å². The second kappa shape index (κ2) is 6.94. The van der Waals surface area contributed by atoms with Crippen molar-refractivity contribution in [3.05, 3.63) is 42.5 Å². The predicted molar refractivity (Wildman–Crippen MR) is 97.4 cm³/mol. The minimum atomic E-state index is -0.119. The number of benzene rings is 1. The topological polar surface area (TPSA) is 68.5 Å². The standard InChI is InChI=1S/C20H23N3O3/c1-3-25-19(24)17-13(2)9-10-15-11-23(12-16(15)17)20-21-18(22-26-20)14-7-5-4-6-8-14/h4-10,13,15-17H,3,11-12H2,1-2H3/t13-,15-,16-,17-/m0/s1. The summed E-state index contributed by atoms with van der Waals surface area (Å²) in [6.45, 7) is 5.84. The summed E-state index contributed by atoms with van der Waals surface area (Å²) in [5.41, 5.74) is 0.928. The molecule has 0 radical (unpaired) electrons. The third-order valence-corrected chi connectivity index (χ3v) is 5.38. The van der Waals surface area contributed by atoms with E-state index in [1.165, 1.54) is 0 Å². The van der Waals surface area contributed by atoms with E-state index in [0.717, 1.165) is 18.7 Å². The number of allylic oxidation sites excluding steroid dienone is 1. The molecule has 0 amide bonds. The fourth-order valence-electron chi connectivity index (χ4n) is 4.10. The maximum atomic E-state index is 12.5. The molecule has 6 nitrogen and oxygen atoms in total. The smallest absolute Gasteiger partial charge is 0.324 e. The molecule has 4 rings (SSSR count). The summed E-state index contributed by atoms with van der Waals surface area (Å²) in [5.74, 6) is 1.05. The summed E-state index contributed by atoms with van der Waals surface area (Å²) in [7, 11) is 0. The molecule has 1 aromatic carbocycles. The van der Waals surface area contributed by atoms with E-state index >= 15 is 0 Å². The van der Waals surface area contributed by atoms with Gasteiger partial charge in [-0.15, -0.1) is 0 Å². The van der Waals surface area contributed by atoms with Crippen LogP contribution in [-0.2, 0) is 9.53 Å². The van der Waals surface area contributed by atoms with Crippen LogP contribution in [0.2, 0.25) is 0 Å². The first-order valence-electron chi connectivity index (χ1n) is 9.16. The first kappa shape index (κ1) is 16.8. The van der Waals surface area contributed by atoms with E-state index in [1.807, 2.05) is 37.3 Å². The van der Waals surface area contributed by atoms with Crippen molar-refractivity contribution in [2.45, 2.75) is 13.8 Å². The highest BCUT2D eigenvalue weighted by atomic mass is 16.5. The normalized spacial score (nSPS) is 27.4. The second-order valence-electron chi connectivity index (χ2n) is 7.02. The second-order valence-corrected chi connectivity index (χ2v) is 7.02. The number of carbonyl (C=O) groups is 1. The highest BCUT2D eigenvalue weighted by molar-refractivity contribution is 5.74. The van der Waals surface area contributed by atoms with Crippen molar-refractivity contribution >= 4 is 12.0 Å². The number of ether oxygens (including phenoxy) is 1. The third-order valence-electron chi connectivity index (χ3n) is 5.38. The van der Waals surface area contributed by atoms with Gasteiger partial charge >= 0.3 is 12.0 Å². The van der Waals surface area contributed by atoms with Crippen LogP contribution in [0.1, 0.15) is 13.8 Å². The summed E-state index contributed by atoms with van der Waals surface area (Å²) in [4.78, 5) is 19.1. The van der Waals surface area contributed by atoms with Crippen LogP contribution in [0, 0.1) is 23.7 Å². The molecule has 1 aliphatic carbocycles. The van der Waals surface area contributed by atoms with Crippen LogP contribution >= 0.6 is 0 Å². The number of carbonyl (C=O) groups excluding carboxylic acids is 1. The molecule has 0 spiro atoms. The number of fused-ring (bicyclic) bond motifs is 1. The number of aromatic nitrogens is 2. The van der Waals surface area contributed by atoms with Gasteiger partial charge in [0.05, 0.1) is 12.5 Å². The van der Waals surface area contributed by atoms with E-state index < -0.39 is 0 Å². The Morgan fingerprint density at radius 2 is 2.08 bits per heavy atom. The van der Waals surface area contributed by atoms with E-state index in [0.29, 0.717) is 24.4 Å². The minimum Gasteiger partial charge on any atom is -0.466 e. The summed E-state index contributed by atoms with van der Waals surface area (Å²) in [5, 5.41) is 4.11. The predicted octanol–water partition coefficient (Wildman–Crippen LogP) is 3.17.